The lowest BCUT2D eigenvalue weighted by atomic mass is 9.78. The van der Waals surface area contributed by atoms with Gasteiger partial charge >= 0.3 is 7.12 Å². The highest BCUT2D eigenvalue weighted by molar-refractivity contribution is 6.62. The van der Waals surface area contributed by atoms with Gasteiger partial charge in [0.25, 0.3) is 0 Å². The third-order valence-corrected chi connectivity index (χ3v) is 8.58. The zero-order valence-electron chi connectivity index (χ0n) is 23.6. The van der Waals surface area contributed by atoms with E-state index in [0.29, 0.717) is 0 Å². The zero-order chi connectivity index (χ0) is 27.6. The van der Waals surface area contributed by atoms with Crippen molar-refractivity contribution >= 4 is 45.3 Å². The molecule has 0 radical (unpaired) electrons. The molecule has 6 aromatic rings. The van der Waals surface area contributed by atoms with Crippen LogP contribution in [-0.4, -0.2) is 32.9 Å². The van der Waals surface area contributed by atoms with Crippen molar-refractivity contribution in [3.8, 4) is 16.9 Å². The van der Waals surface area contributed by atoms with E-state index in [1.165, 1.54) is 0 Å². The monoisotopic (exact) mass is 525 g/mol. The summed E-state index contributed by atoms with van der Waals surface area (Å²) in [5.74, 6) is 1.03. The van der Waals surface area contributed by atoms with Gasteiger partial charge in [-0.1, -0.05) is 73.7 Å². The molecule has 0 bridgehead atoms. The Labute approximate surface area is 234 Å². The number of pyridine rings is 1. The Kier molecular flexibility index (Phi) is 5.64. The fraction of sp³-hybridized carbons (Fsp3) is 0.235. The van der Waals surface area contributed by atoms with Crippen LogP contribution in [0.3, 0.4) is 0 Å². The molecule has 1 fully saturated rings. The van der Waals surface area contributed by atoms with Crippen molar-refractivity contribution < 1.29 is 9.31 Å². The number of aryl methyl sites for hydroxylation is 1. The van der Waals surface area contributed by atoms with Gasteiger partial charge in [0.05, 0.1) is 33.4 Å². The lowest BCUT2D eigenvalue weighted by molar-refractivity contribution is 0.00578. The van der Waals surface area contributed by atoms with E-state index < -0.39 is 18.3 Å². The number of benzene rings is 4. The third-order valence-electron chi connectivity index (χ3n) is 8.58. The number of nitrogens with zero attached hydrogens (tertiary/aromatic N) is 3. The summed E-state index contributed by atoms with van der Waals surface area (Å²) < 4.78 is 15.1. The van der Waals surface area contributed by atoms with Crippen molar-refractivity contribution in [1.82, 2.24) is 14.5 Å². The molecule has 0 N–H and O–H groups in total. The molecule has 6 heteroatoms. The second-order valence-electron chi connectivity index (χ2n) is 11.6. The Balaban J connectivity index is 1.51. The lowest BCUT2D eigenvalue weighted by Crippen LogP contribution is -2.41. The summed E-state index contributed by atoms with van der Waals surface area (Å²) in [5, 5.41) is 3.33. The molecule has 0 saturated carbocycles. The number of imidazole rings is 1. The molecule has 40 heavy (non-hydrogen) atoms. The standard InChI is InChI=1S/C34H32BN3O2/c1-6-29-37-32-28(38(29)24-15-8-7-9-16-24)20-19-26-25-17-10-11-18-27(25)36-31(30(26)32)22-13-12-14-23(21-22)35-39-33(2,3)34(4,5)40-35/h7-21H,6H2,1-5H3. The van der Waals surface area contributed by atoms with Gasteiger partial charge in [-0.2, -0.15) is 0 Å². The molecule has 2 aromatic heterocycles. The van der Waals surface area contributed by atoms with Gasteiger partial charge in [0, 0.05) is 28.4 Å². The average molecular weight is 525 g/mol. The predicted octanol–water partition coefficient (Wildman–Crippen LogP) is 7.26. The van der Waals surface area contributed by atoms with Crippen LogP contribution in [0.15, 0.2) is 91.0 Å². The molecule has 1 aliphatic rings. The minimum absolute atomic E-state index is 0.408. The molecule has 1 saturated heterocycles. The smallest absolute Gasteiger partial charge is 0.399 e. The van der Waals surface area contributed by atoms with E-state index >= 15 is 0 Å². The second kappa shape index (κ2) is 9.02. The number of para-hydroxylation sites is 2. The largest absolute Gasteiger partial charge is 0.494 e. The van der Waals surface area contributed by atoms with Crippen LogP contribution in [0.25, 0.3) is 49.7 Å². The molecule has 0 unspecified atom stereocenters. The molecule has 0 atom stereocenters. The maximum absolute atomic E-state index is 6.39. The van der Waals surface area contributed by atoms with Gasteiger partial charge in [0.2, 0.25) is 0 Å². The van der Waals surface area contributed by atoms with Gasteiger partial charge in [-0.05, 0) is 62.8 Å². The third kappa shape index (κ3) is 3.78. The zero-order valence-corrected chi connectivity index (χ0v) is 23.6. The fourth-order valence-electron chi connectivity index (χ4n) is 5.75. The van der Waals surface area contributed by atoms with Crippen LogP contribution in [-0.2, 0) is 15.7 Å². The Morgan fingerprint density at radius 3 is 2.23 bits per heavy atom. The van der Waals surface area contributed by atoms with E-state index in [1.54, 1.807) is 0 Å². The maximum atomic E-state index is 6.39. The predicted molar refractivity (Wildman–Crippen MR) is 164 cm³/mol. The first-order chi connectivity index (χ1) is 19.3. The van der Waals surface area contributed by atoms with E-state index in [4.69, 9.17) is 19.3 Å². The molecule has 3 heterocycles. The minimum Gasteiger partial charge on any atom is -0.399 e. The van der Waals surface area contributed by atoms with Crippen molar-refractivity contribution in [2.45, 2.75) is 52.2 Å². The Hall–Kier alpha value is -4.00. The topological polar surface area (TPSA) is 49.2 Å². The summed E-state index contributed by atoms with van der Waals surface area (Å²) in [6, 6.07) is 31.7. The van der Waals surface area contributed by atoms with Gasteiger partial charge in [-0.15, -0.1) is 0 Å². The van der Waals surface area contributed by atoms with Crippen LogP contribution in [0.2, 0.25) is 0 Å². The van der Waals surface area contributed by atoms with Crippen molar-refractivity contribution in [3.05, 3.63) is 96.8 Å². The van der Waals surface area contributed by atoms with Crippen molar-refractivity contribution in [3.63, 3.8) is 0 Å². The Morgan fingerprint density at radius 1 is 0.750 bits per heavy atom. The van der Waals surface area contributed by atoms with Gasteiger partial charge in [0.1, 0.15) is 5.82 Å². The number of rotatable bonds is 4. The highest BCUT2D eigenvalue weighted by Gasteiger charge is 2.51. The van der Waals surface area contributed by atoms with E-state index in [2.05, 4.69) is 118 Å². The summed E-state index contributed by atoms with van der Waals surface area (Å²) in [4.78, 5) is 10.5. The Morgan fingerprint density at radius 2 is 1.48 bits per heavy atom. The van der Waals surface area contributed by atoms with Gasteiger partial charge < -0.3 is 9.31 Å². The first-order valence-corrected chi connectivity index (χ1v) is 14.0. The van der Waals surface area contributed by atoms with Crippen LogP contribution in [0.1, 0.15) is 40.4 Å². The summed E-state index contributed by atoms with van der Waals surface area (Å²) >= 11 is 0. The molecular formula is C34H32BN3O2. The Bertz CT molecular complexity index is 1890. The molecule has 4 aromatic carbocycles. The van der Waals surface area contributed by atoms with E-state index in [0.717, 1.165) is 67.4 Å². The summed E-state index contributed by atoms with van der Waals surface area (Å²) in [7, 11) is -0.444. The van der Waals surface area contributed by atoms with Gasteiger partial charge in [0.15, 0.2) is 0 Å². The van der Waals surface area contributed by atoms with Crippen LogP contribution in [0.4, 0.5) is 0 Å². The molecule has 5 nitrogen and oxygen atoms in total. The van der Waals surface area contributed by atoms with E-state index in [-0.39, 0.29) is 0 Å². The normalized spacial score (nSPS) is 16.4. The van der Waals surface area contributed by atoms with Crippen LogP contribution < -0.4 is 5.46 Å². The highest BCUT2D eigenvalue weighted by Crippen LogP contribution is 2.39. The summed E-state index contributed by atoms with van der Waals surface area (Å²) in [6.45, 7) is 10.5. The minimum atomic E-state index is -0.444. The van der Waals surface area contributed by atoms with E-state index in [9.17, 15) is 0 Å². The maximum Gasteiger partial charge on any atom is 0.494 e. The molecule has 1 aliphatic heterocycles. The first kappa shape index (κ1) is 25.0. The molecule has 0 amide bonds. The van der Waals surface area contributed by atoms with Crippen molar-refractivity contribution in [2.75, 3.05) is 0 Å². The molecule has 198 valence electrons. The summed E-state index contributed by atoms with van der Waals surface area (Å²) in [5.41, 5.74) is 6.21. The second-order valence-corrected chi connectivity index (χ2v) is 11.6. The van der Waals surface area contributed by atoms with E-state index in [1.807, 2.05) is 12.1 Å². The van der Waals surface area contributed by atoms with Gasteiger partial charge in [-0.3, -0.25) is 4.57 Å². The lowest BCUT2D eigenvalue weighted by Gasteiger charge is -2.32. The van der Waals surface area contributed by atoms with Crippen LogP contribution in [0, 0.1) is 0 Å². The number of fused-ring (bicyclic) bond motifs is 5. The summed E-state index contributed by atoms with van der Waals surface area (Å²) in [6.07, 6.45) is 0.818. The first-order valence-electron chi connectivity index (χ1n) is 14.0. The SMILES string of the molecule is CCc1nc2c3c(-c4cccc(B5OC(C)(C)C(C)(C)O5)c4)nc4ccccc4c3ccc2n1-c1ccccc1. The number of hydrogen-bond acceptors (Lipinski definition) is 4. The molecule has 0 spiro atoms. The van der Waals surface area contributed by atoms with Crippen LogP contribution in [0.5, 0.6) is 0 Å². The molecule has 0 aliphatic carbocycles. The van der Waals surface area contributed by atoms with Crippen LogP contribution >= 0.6 is 0 Å². The van der Waals surface area contributed by atoms with Crippen molar-refractivity contribution in [2.24, 2.45) is 0 Å². The van der Waals surface area contributed by atoms with Gasteiger partial charge in [-0.25, -0.2) is 9.97 Å². The molecule has 7 rings (SSSR count). The highest BCUT2D eigenvalue weighted by atomic mass is 16.7. The van der Waals surface area contributed by atoms with Crippen molar-refractivity contribution in [1.29, 1.82) is 0 Å². The fourth-order valence-corrected chi connectivity index (χ4v) is 5.75. The number of aromatic nitrogens is 3. The quantitative estimate of drug-likeness (QED) is 0.180. The number of hydrogen-bond donors (Lipinski definition) is 0. The molecular weight excluding hydrogens is 493 g/mol. The average Bonchev–Trinajstić information content (AvgIpc) is 3.45.